The number of ether oxygens (including phenoxy) is 4. The lowest BCUT2D eigenvalue weighted by Gasteiger charge is -2.41. The molecule has 1 heterocycles. The van der Waals surface area contributed by atoms with E-state index in [1.54, 1.807) is 0 Å². The van der Waals surface area contributed by atoms with Crippen LogP contribution in [0.5, 0.6) is 0 Å². The Hall–Kier alpha value is -1.61. The van der Waals surface area contributed by atoms with E-state index in [0.29, 0.717) is 6.29 Å². The van der Waals surface area contributed by atoms with Crippen molar-refractivity contribution in [2.24, 2.45) is 5.92 Å². The number of carbonyl (C=O) groups excluding carboxylic acids is 4. The Balaban J connectivity index is 2.99. The Bertz CT molecular complexity index is 451. The maximum absolute atomic E-state index is 11.4. The molecular weight excluding hydrogens is 316 g/mol. The highest BCUT2D eigenvalue weighted by Crippen LogP contribution is 2.31. The third-order valence-electron chi connectivity index (χ3n) is 2.93. The van der Waals surface area contributed by atoms with E-state index in [4.69, 9.17) is 18.9 Å². The first-order valence-corrected chi connectivity index (χ1v) is 7.04. The molecule has 0 bridgehead atoms. The van der Waals surface area contributed by atoms with Crippen molar-refractivity contribution in [1.82, 2.24) is 0 Å². The molecule has 1 aliphatic rings. The number of rotatable bonds is 5. The van der Waals surface area contributed by atoms with E-state index in [-0.39, 0.29) is 6.61 Å². The van der Waals surface area contributed by atoms with Gasteiger partial charge in [0.2, 0.25) is 0 Å². The number of hydrogen-bond donors (Lipinski definition) is 1. The van der Waals surface area contributed by atoms with Gasteiger partial charge in [-0.25, -0.2) is 0 Å². The van der Waals surface area contributed by atoms with Gasteiger partial charge in [0, 0.05) is 20.8 Å². The van der Waals surface area contributed by atoms with Crippen molar-refractivity contribution in [2.75, 3.05) is 6.61 Å². The molecule has 1 aliphatic heterocycles. The number of aldehydes is 1. The molecule has 1 fully saturated rings. The zero-order valence-corrected chi connectivity index (χ0v) is 13.3. The average molecular weight is 334 g/mol. The molecule has 1 rings (SSSR count). The summed E-state index contributed by atoms with van der Waals surface area (Å²) in [5, 5.41) is 0. The van der Waals surface area contributed by atoms with E-state index in [9.17, 15) is 19.2 Å². The molecule has 0 radical (unpaired) electrons. The van der Waals surface area contributed by atoms with Crippen LogP contribution in [-0.4, -0.2) is 54.5 Å². The summed E-state index contributed by atoms with van der Waals surface area (Å²) in [6, 6.07) is 0. The lowest BCUT2D eigenvalue weighted by atomic mass is 9.90. The van der Waals surface area contributed by atoms with Crippen molar-refractivity contribution >= 4 is 36.8 Å². The van der Waals surface area contributed by atoms with E-state index in [0.717, 1.165) is 0 Å². The maximum Gasteiger partial charge on any atom is 0.303 e. The van der Waals surface area contributed by atoms with Gasteiger partial charge in [0.15, 0.2) is 6.10 Å². The normalized spacial score (nSPS) is 31.0. The predicted octanol–water partition coefficient (Wildman–Crippen LogP) is -0.117. The Labute approximate surface area is 132 Å². The summed E-state index contributed by atoms with van der Waals surface area (Å²) in [6.45, 7) is 3.33. The molecule has 0 aromatic heterocycles. The average Bonchev–Trinajstić information content (AvgIpc) is 2.39. The highest BCUT2D eigenvalue weighted by molar-refractivity contribution is 7.80. The molecule has 9 heteroatoms. The van der Waals surface area contributed by atoms with Crippen molar-refractivity contribution in [1.29, 1.82) is 0 Å². The van der Waals surface area contributed by atoms with Gasteiger partial charge in [0.1, 0.15) is 30.5 Å². The standard InChI is InChI=1S/C13H18O8S/c1-6(15)18-5-10-11(19-7(2)16)9(4-14)12(13(22)21-10)20-8(3)17/h4,9-13,22H,5H2,1-3H3/t9?,10?,11-,12?,13-/m0/s1. The van der Waals surface area contributed by atoms with Crippen LogP contribution in [0.1, 0.15) is 20.8 Å². The van der Waals surface area contributed by atoms with Crippen LogP contribution in [0.25, 0.3) is 0 Å². The second-order valence-corrected chi connectivity index (χ2v) is 5.24. The lowest BCUT2D eigenvalue weighted by Crippen LogP contribution is -2.57. The summed E-state index contributed by atoms with van der Waals surface area (Å²) >= 11 is 4.14. The molecule has 0 aromatic rings. The minimum absolute atomic E-state index is 0.221. The maximum atomic E-state index is 11.4. The topological polar surface area (TPSA) is 105 Å². The van der Waals surface area contributed by atoms with E-state index < -0.39 is 47.6 Å². The number of thiol groups is 1. The summed E-state index contributed by atoms with van der Waals surface area (Å²) in [5.74, 6) is -2.80. The van der Waals surface area contributed by atoms with Crippen LogP contribution >= 0.6 is 12.6 Å². The summed E-state index contributed by atoms with van der Waals surface area (Å²) in [7, 11) is 0. The second-order valence-electron chi connectivity index (χ2n) is 4.73. The molecule has 22 heavy (non-hydrogen) atoms. The molecule has 0 aliphatic carbocycles. The van der Waals surface area contributed by atoms with E-state index in [1.807, 2.05) is 0 Å². The van der Waals surface area contributed by atoms with Crippen LogP contribution in [0, 0.1) is 5.92 Å². The Morgan fingerprint density at radius 2 is 1.59 bits per heavy atom. The molecule has 124 valence electrons. The summed E-state index contributed by atoms with van der Waals surface area (Å²) in [6.07, 6.45) is -2.45. The smallest absolute Gasteiger partial charge is 0.303 e. The number of hydrogen-bond acceptors (Lipinski definition) is 9. The van der Waals surface area contributed by atoms with Crippen molar-refractivity contribution in [3.63, 3.8) is 0 Å². The molecular formula is C13H18O8S. The summed E-state index contributed by atoms with van der Waals surface area (Å²) in [5.41, 5.74) is -0.925. The van der Waals surface area contributed by atoms with Crippen molar-refractivity contribution in [3.05, 3.63) is 0 Å². The van der Waals surface area contributed by atoms with Gasteiger partial charge in [-0.05, 0) is 0 Å². The van der Waals surface area contributed by atoms with Crippen LogP contribution in [0.2, 0.25) is 0 Å². The van der Waals surface area contributed by atoms with Gasteiger partial charge in [-0.1, -0.05) is 0 Å². The molecule has 0 amide bonds. The molecule has 0 N–H and O–H groups in total. The number of carbonyl (C=O) groups is 4. The fourth-order valence-electron chi connectivity index (χ4n) is 2.12. The zero-order chi connectivity index (χ0) is 16.9. The first-order chi connectivity index (χ1) is 10.3. The van der Waals surface area contributed by atoms with Crippen molar-refractivity contribution < 1.29 is 38.1 Å². The third kappa shape index (κ3) is 4.99. The third-order valence-corrected chi connectivity index (χ3v) is 3.35. The zero-order valence-electron chi connectivity index (χ0n) is 12.4. The molecule has 8 nitrogen and oxygen atoms in total. The van der Waals surface area contributed by atoms with Crippen molar-refractivity contribution in [2.45, 2.75) is 44.5 Å². The molecule has 5 atom stereocenters. The highest BCUT2D eigenvalue weighted by atomic mass is 32.1. The van der Waals surface area contributed by atoms with E-state index in [2.05, 4.69) is 12.6 Å². The van der Waals surface area contributed by atoms with Crippen LogP contribution in [0.15, 0.2) is 0 Å². The Kier molecular flexibility index (Phi) is 6.82. The molecule has 0 saturated carbocycles. The number of esters is 3. The van der Waals surface area contributed by atoms with E-state index in [1.165, 1.54) is 20.8 Å². The summed E-state index contributed by atoms with van der Waals surface area (Å²) in [4.78, 5) is 44.7. The predicted molar refractivity (Wildman–Crippen MR) is 74.9 cm³/mol. The van der Waals surface area contributed by atoms with Gasteiger partial charge < -0.3 is 23.7 Å². The van der Waals surface area contributed by atoms with Gasteiger partial charge in [0.25, 0.3) is 0 Å². The molecule has 1 saturated heterocycles. The van der Waals surface area contributed by atoms with Crippen molar-refractivity contribution in [3.8, 4) is 0 Å². The van der Waals surface area contributed by atoms with Crippen LogP contribution < -0.4 is 0 Å². The van der Waals surface area contributed by atoms with Gasteiger partial charge in [0.05, 0.1) is 5.92 Å². The highest BCUT2D eigenvalue weighted by Gasteiger charge is 2.48. The minimum atomic E-state index is -1.05. The second kappa shape index (κ2) is 8.14. The largest absolute Gasteiger partial charge is 0.463 e. The van der Waals surface area contributed by atoms with Gasteiger partial charge in [-0.15, -0.1) is 12.6 Å². The van der Waals surface area contributed by atoms with Gasteiger partial charge in [-0.2, -0.15) is 0 Å². The lowest BCUT2D eigenvalue weighted by molar-refractivity contribution is -0.210. The van der Waals surface area contributed by atoms with Gasteiger partial charge >= 0.3 is 17.9 Å². The first kappa shape index (κ1) is 18.4. The first-order valence-electron chi connectivity index (χ1n) is 6.53. The fraction of sp³-hybridized carbons (Fsp3) is 0.692. The summed E-state index contributed by atoms with van der Waals surface area (Å²) < 4.78 is 20.4. The molecule has 0 aromatic carbocycles. The van der Waals surface area contributed by atoms with Crippen LogP contribution in [0.3, 0.4) is 0 Å². The monoisotopic (exact) mass is 334 g/mol. The molecule has 0 spiro atoms. The van der Waals surface area contributed by atoms with Crippen LogP contribution in [0.4, 0.5) is 0 Å². The van der Waals surface area contributed by atoms with Gasteiger partial charge in [-0.3, -0.25) is 14.4 Å². The van der Waals surface area contributed by atoms with Crippen LogP contribution in [-0.2, 0) is 38.1 Å². The Morgan fingerprint density at radius 1 is 1.05 bits per heavy atom. The van der Waals surface area contributed by atoms with E-state index >= 15 is 0 Å². The fourth-order valence-corrected chi connectivity index (χ4v) is 2.54. The molecule has 3 unspecified atom stereocenters. The SMILES string of the molecule is CC(=O)OCC1O[C@@H](S)C(OC(C)=O)C(C=O)[C@@H]1OC(C)=O. The quantitative estimate of drug-likeness (QED) is 0.321. The minimum Gasteiger partial charge on any atom is -0.463 e. The Morgan fingerprint density at radius 3 is 2.05 bits per heavy atom.